The predicted octanol–water partition coefficient (Wildman–Crippen LogP) is 5.83. The van der Waals surface area contributed by atoms with Gasteiger partial charge < -0.3 is 10.6 Å². The third kappa shape index (κ3) is 5.97. The van der Waals surface area contributed by atoms with Crippen LogP contribution in [-0.4, -0.2) is 47.3 Å². The molecule has 2 aromatic carbocycles. The van der Waals surface area contributed by atoms with E-state index < -0.39 is 54.8 Å². The summed E-state index contributed by atoms with van der Waals surface area (Å²) in [5.41, 5.74) is 5.78. The molecule has 2 unspecified atom stereocenters. The molecule has 0 radical (unpaired) electrons. The molecule has 0 spiro atoms. The smallest absolute Gasteiger partial charge is 0.282 e. The van der Waals surface area contributed by atoms with Crippen molar-refractivity contribution in [2.45, 2.75) is 56.8 Å². The number of hydrogen-bond donors (Lipinski definition) is 2. The Balaban J connectivity index is 0.00000108. The quantitative estimate of drug-likeness (QED) is 0.387. The van der Waals surface area contributed by atoms with E-state index in [9.17, 15) is 26.7 Å². The van der Waals surface area contributed by atoms with Crippen LogP contribution in [0.5, 0.6) is 0 Å². The molecule has 1 amide bonds. The molecule has 1 aliphatic heterocycles. The highest BCUT2D eigenvalue weighted by Gasteiger charge is 2.55. The van der Waals surface area contributed by atoms with Gasteiger partial charge in [-0.2, -0.15) is 12.6 Å². The van der Waals surface area contributed by atoms with E-state index in [1.54, 1.807) is 0 Å². The summed E-state index contributed by atoms with van der Waals surface area (Å²) in [5, 5.41) is 0. The number of hydrogen-bond acceptors (Lipinski definition) is 3. The summed E-state index contributed by atoms with van der Waals surface area (Å²) in [6, 6.07) is 6.66. The van der Waals surface area contributed by atoms with Crippen LogP contribution in [0.2, 0.25) is 0 Å². The van der Waals surface area contributed by atoms with Crippen molar-refractivity contribution in [3.05, 3.63) is 59.4 Å². The largest absolute Gasteiger partial charge is 0.331 e. The molecule has 1 saturated heterocycles. The van der Waals surface area contributed by atoms with Crippen molar-refractivity contribution in [1.82, 2.24) is 4.90 Å². The molecule has 192 valence electrons. The summed E-state index contributed by atoms with van der Waals surface area (Å²) in [7, 11) is 0. The number of amides is 1. The number of nitrogens with two attached hydrogens (primary N) is 1. The second-order valence-electron chi connectivity index (χ2n) is 8.81. The monoisotopic (exact) mass is 518 g/mol. The van der Waals surface area contributed by atoms with Gasteiger partial charge in [0.1, 0.15) is 12.0 Å². The highest BCUT2D eigenvalue weighted by atomic mass is 32.1. The van der Waals surface area contributed by atoms with Crippen LogP contribution in [-0.2, 0) is 11.2 Å². The zero-order valence-corrected chi connectivity index (χ0v) is 20.0. The Labute approximate surface area is 206 Å². The van der Waals surface area contributed by atoms with E-state index in [1.807, 2.05) is 6.92 Å². The molecule has 1 aliphatic carbocycles. The van der Waals surface area contributed by atoms with Crippen molar-refractivity contribution in [3.8, 4) is 11.1 Å². The number of halogens is 6. The maximum Gasteiger partial charge on any atom is 0.282 e. The second kappa shape index (κ2) is 11.2. The number of rotatable bonds is 5. The highest BCUT2D eigenvalue weighted by Crippen LogP contribution is 2.39. The van der Waals surface area contributed by atoms with Gasteiger partial charge in [-0.05, 0) is 42.2 Å². The van der Waals surface area contributed by atoms with E-state index in [0.29, 0.717) is 0 Å². The van der Waals surface area contributed by atoms with E-state index in [-0.39, 0.29) is 41.5 Å². The molecule has 0 bridgehead atoms. The Morgan fingerprint density at radius 1 is 1.20 bits per heavy atom. The molecule has 2 aromatic rings. The number of thiol groups is 1. The van der Waals surface area contributed by atoms with Crippen molar-refractivity contribution in [3.63, 3.8) is 0 Å². The molecule has 2 atom stereocenters. The van der Waals surface area contributed by atoms with Gasteiger partial charge >= 0.3 is 0 Å². The number of benzene rings is 2. The predicted molar refractivity (Wildman–Crippen MR) is 126 cm³/mol. The molecular weight excluding hydrogens is 490 g/mol. The van der Waals surface area contributed by atoms with Gasteiger partial charge in [-0.25, -0.2) is 26.3 Å². The maximum absolute atomic E-state index is 15.3. The molecule has 10 heteroatoms. The van der Waals surface area contributed by atoms with E-state index in [2.05, 4.69) is 12.6 Å². The first-order valence-corrected chi connectivity index (χ1v) is 12.0. The highest BCUT2D eigenvalue weighted by molar-refractivity contribution is 7.80. The van der Waals surface area contributed by atoms with Crippen molar-refractivity contribution >= 4 is 18.5 Å². The van der Waals surface area contributed by atoms with Crippen molar-refractivity contribution < 1.29 is 31.1 Å². The van der Waals surface area contributed by atoms with E-state index in [0.717, 1.165) is 10.7 Å². The van der Waals surface area contributed by atoms with Crippen LogP contribution < -0.4 is 5.73 Å². The zero-order valence-electron chi connectivity index (χ0n) is 19.1. The Hall–Kier alpha value is -2.20. The molecule has 1 heterocycles. The number of alkyl halides is 5. The zero-order chi connectivity index (χ0) is 25.9. The first-order chi connectivity index (χ1) is 16.5. The van der Waals surface area contributed by atoms with Gasteiger partial charge in [0.15, 0.2) is 0 Å². The van der Waals surface area contributed by atoms with Gasteiger partial charge in [-0.1, -0.05) is 43.3 Å². The topological polar surface area (TPSA) is 46.3 Å². The molecule has 1 saturated carbocycles. The van der Waals surface area contributed by atoms with Crippen molar-refractivity contribution in [2.24, 2.45) is 11.7 Å². The van der Waals surface area contributed by atoms with Gasteiger partial charge in [-0.3, -0.25) is 4.79 Å². The summed E-state index contributed by atoms with van der Waals surface area (Å²) in [6.07, 6.45) is -4.17. The van der Waals surface area contributed by atoms with Crippen LogP contribution in [0.15, 0.2) is 42.5 Å². The number of nitrogens with zero attached hydrogens (tertiary/aromatic N) is 1. The minimum Gasteiger partial charge on any atom is -0.331 e. The normalized spacial score (nSPS) is 25.1. The lowest BCUT2D eigenvalue weighted by atomic mass is 9.82. The Kier molecular flexibility index (Phi) is 8.80. The minimum atomic E-state index is -3.36. The molecule has 2 fully saturated rings. The lowest BCUT2D eigenvalue weighted by molar-refractivity contribution is -0.142. The fraction of sp³-hybridized carbons (Fsp3) is 0.480. The fourth-order valence-electron chi connectivity index (χ4n) is 4.42. The van der Waals surface area contributed by atoms with E-state index >= 15 is 4.39 Å². The van der Waals surface area contributed by atoms with Crippen LogP contribution in [0.1, 0.15) is 37.3 Å². The van der Waals surface area contributed by atoms with Gasteiger partial charge in [0.05, 0.1) is 18.6 Å². The molecular formula is C25H28F6N2OS. The standard InChI is InChI=1S/C23H22F6N2O.C2H6S/c24-16-8-15(9-16)22(32)31-11-23(28,29)20(30)18(31)10-13-4-2-6-17(19(13)25)12-3-1-5-14(7-12)21(26)27;1-2-3/h1-7,15-16,18,20-21H,8-11,30H2;3H,2H2,1H3. The summed E-state index contributed by atoms with van der Waals surface area (Å²) in [4.78, 5) is 13.6. The Morgan fingerprint density at radius 2 is 1.83 bits per heavy atom. The lowest BCUT2D eigenvalue weighted by Gasteiger charge is -2.35. The molecule has 2 N–H and O–H groups in total. The van der Waals surface area contributed by atoms with Crippen molar-refractivity contribution in [1.29, 1.82) is 0 Å². The number of carbonyl (C=O) groups excluding carboxylic acids is 1. The molecule has 0 aromatic heterocycles. The Bertz CT molecular complexity index is 1030. The van der Waals surface area contributed by atoms with Gasteiger partial charge in [0.2, 0.25) is 5.91 Å². The first-order valence-electron chi connectivity index (χ1n) is 11.3. The minimum absolute atomic E-state index is 0.0206. The summed E-state index contributed by atoms with van der Waals surface area (Å²) in [6.45, 7) is 1.09. The number of likely N-dealkylation sites (tertiary alicyclic amines) is 1. The third-order valence-electron chi connectivity index (χ3n) is 6.35. The number of carbonyl (C=O) groups is 1. The van der Waals surface area contributed by atoms with Crippen LogP contribution >= 0.6 is 12.6 Å². The summed E-state index contributed by atoms with van der Waals surface area (Å²) < 4.78 is 83.3. The molecule has 35 heavy (non-hydrogen) atoms. The lowest BCUT2D eigenvalue weighted by Crippen LogP contribution is -2.49. The molecule has 2 aliphatic rings. The molecule has 4 rings (SSSR count). The van der Waals surface area contributed by atoms with E-state index in [4.69, 9.17) is 5.73 Å². The van der Waals surface area contributed by atoms with Crippen molar-refractivity contribution in [2.75, 3.05) is 12.3 Å². The van der Waals surface area contributed by atoms with Gasteiger partial charge in [0, 0.05) is 17.0 Å². The molecule has 3 nitrogen and oxygen atoms in total. The van der Waals surface area contributed by atoms with Crippen LogP contribution in [0.3, 0.4) is 0 Å². The second-order valence-corrected chi connectivity index (χ2v) is 9.44. The first kappa shape index (κ1) is 27.4. The third-order valence-corrected chi connectivity index (χ3v) is 6.35. The van der Waals surface area contributed by atoms with Crippen LogP contribution in [0, 0.1) is 11.7 Å². The summed E-state index contributed by atoms with van der Waals surface area (Å²) in [5.74, 6) is -4.44. The average molecular weight is 519 g/mol. The van der Waals surface area contributed by atoms with Gasteiger partial charge in [0.25, 0.3) is 12.3 Å². The van der Waals surface area contributed by atoms with Crippen LogP contribution in [0.4, 0.5) is 26.3 Å². The summed E-state index contributed by atoms with van der Waals surface area (Å²) >= 11 is 3.79. The van der Waals surface area contributed by atoms with Crippen LogP contribution in [0.25, 0.3) is 11.1 Å². The average Bonchev–Trinajstić information content (AvgIpc) is 3.02. The Morgan fingerprint density at radius 3 is 2.43 bits per heavy atom. The SMILES string of the molecule is CCS.NC1C(Cc2cccc(-c3cccc(C(F)F)c3)c2F)N(C(=O)C2CC(F)C2)CC1(F)F. The maximum atomic E-state index is 15.3. The fourth-order valence-corrected chi connectivity index (χ4v) is 4.42. The van der Waals surface area contributed by atoms with E-state index in [1.165, 1.54) is 42.5 Å². The van der Waals surface area contributed by atoms with Gasteiger partial charge in [-0.15, -0.1) is 0 Å².